The zero-order valence-corrected chi connectivity index (χ0v) is 25.3. The van der Waals surface area contributed by atoms with Gasteiger partial charge in [-0.25, -0.2) is 8.78 Å². The van der Waals surface area contributed by atoms with Crippen molar-refractivity contribution in [3.63, 3.8) is 0 Å². The Kier molecular flexibility index (Phi) is 8.93. The predicted molar refractivity (Wildman–Crippen MR) is 170 cm³/mol. The third-order valence-corrected chi connectivity index (χ3v) is 8.01. The van der Waals surface area contributed by atoms with Crippen LogP contribution in [-0.2, 0) is 0 Å². The lowest BCUT2D eigenvalue weighted by Gasteiger charge is -2.28. The average Bonchev–Trinajstić information content (AvgIpc) is 3.06. The fourth-order valence-corrected chi connectivity index (χ4v) is 5.38. The number of hydrogen-bond acceptors (Lipinski definition) is 7. The second-order valence-electron chi connectivity index (χ2n) is 11.2. The molecule has 6 rings (SSSR count). The number of carbonyl (C=O) groups is 1. The fourth-order valence-electron chi connectivity index (χ4n) is 5.38. The van der Waals surface area contributed by atoms with E-state index in [1.807, 2.05) is 0 Å². The Morgan fingerprint density at radius 1 is 0.957 bits per heavy atom. The van der Waals surface area contributed by atoms with Crippen LogP contribution in [-0.4, -0.2) is 54.2 Å². The number of carbonyl (C=O) groups excluding carboxylic acids is 1. The average molecular weight is 627 g/mol. The van der Waals surface area contributed by atoms with Crippen LogP contribution in [0.1, 0.15) is 23.2 Å². The van der Waals surface area contributed by atoms with Crippen LogP contribution in [0.3, 0.4) is 0 Å². The first-order chi connectivity index (χ1) is 22.3. The van der Waals surface area contributed by atoms with Gasteiger partial charge in [0.25, 0.3) is 11.5 Å². The number of piperidine rings is 1. The van der Waals surface area contributed by atoms with Gasteiger partial charge in [-0.3, -0.25) is 19.1 Å². The van der Waals surface area contributed by atoms with Crippen molar-refractivity contribution in [2.24, 2.45) is 5.92 Å². The van der Waals surface area contributed by atoms with E-state index in [1.165, 1.54) is 59.3 Å². The standard InChI is InChI=1S/C35H32F2N4O5/c1-40-16-12-22(13-17-40)21-45-33-20-29-27(19-32(33)44-2)30(11-14-38-29)46-31-10-7-24(18-28(31)37)39-34(42)26-4-3-15-41(35(26)43)25-8-5-23(36)6-9-25/h3-11,14-15,18-20,22H,12-13,16-17,21H2,1-2H3,(H,39,42). The molecule has 0 unspecified atom stereocenters. The summed E-state index contributed by atoms with van der Waals surface area (Å²) in [4.78, 5) is 32.7. The first-order valence-electron chi connectivity index (χ1n) is 14.8. The molecule has 0 atom stereocenters. The Labute approximate surface area is 264 Å². The normalized spacial score (nSPS) is 13.8. The molecular weight excluding hydrogens is 594 g/mol. The van der Waals surface area contributed by atoms with Crippen LogP contribution in [0.4, 0.5) is 14.5 Å². The quantitative estimate of drug-likeness (QED) is 0.201. The number of nitrogens with one attached hydrogen (secondary N) is 1. The molecule has 46 heavy (non-hydrogen) atoms. The lowest BCUT2D eigenvalue weighted by atomic mass is 9.98. The lowest BCUT2D eigenvalue weighted by molar-refractivity contribution is 0.102. The lowest BCUT2D eigenvalue weighted by Crippen LogP contribution is -2.32. The van der Waals surface area contributed by atoms with E-state index in [4.69, 9.17) is 14.2 Å². The topological polar surface area (TPSA) is 94.9 Å². The molecule has 3 heterocycles. The molecule has 11 heteroatoms. The van der Waals surface area contributed by atoms with Gasteiger partial charge in [-0.1, -0.05) is 0 Å². The number of likely N-dealkylation sites (tertiary alicyclic amines) is 1. The maximum absolute atomic E-state index is 15.3. The molecule has 1 fully saturated rings. The number of aromatic nitrogens is 2. The number of ether oxygens (including phenoxy) is 3. The van der Waals surface area contributed by atoms with Crippen LogP contribution < -0.4 is 25.1 Å². The summed E-state index contributed by atoms with van der Waals surface area (Å²) in [6, 6.07) is 17.3. The second-order valence-corrected chi connectivity index (χ2v) is 11.2. The molecule has 0 saturated carbocycles. The zero-order chi connectivity index (χ0) is 32.2. The number of rotatable bonds is 9. The van der Waals surface area contributed by atoms with E-state index in [-0.39, 0.29) is 17.0 Å². The van der Waals surface area contributed by atoms with E-state index in [2.05, 4.69) is 22.2 Å². The minimum Gasteiger partial charge on any atom is -0.493 e. The van der Waals surface area contributed by atoms with Crippen molar-refractivity contribution in [1.82, 2.24) is 14.5 Å². The van der Waals surface area contributed by atoms with Crippen molar-refractivity contribution in [2.75, 3.05) is 39.2 Å². The number of nitrogens with zero attached hydrogens (tertiary/aromatic N) is 3. The van der Waals surface area contributed by atoms with Crippen molar-refractivity contribution in [1.29, 1.82) is 0 Å². The van der Waals surface area contributed by atoms with E-state index >= 15 is 4.39 Å². The van der Waals surface area contributed by atoms with Crippen LogP contribution in [0.15, 0.2) is 90.0 Å². The summed E-state index contributed by atoms with van der Waals surface area (Å²) in [6.07, 6.45) is 5.18. The molecule has 1 saturated heterocycles. The van der Waals surface area contributed by atoms with Crippen molar-refractivity contribution in [2.45, 2.75) is 12.8 Å². The highest BCUT2D eigenvalue weighted by molar-refractivity contribution is 6.04. The fraction of sp³-hybridized carbons (Fsp3) is 0.229. The predicted octanol–water partition coefficient (Wildman–Crippen LogP) is 6.44. The van der Waals surface area contributed by atoms with E-state index < -0.39 is 23.1 Å². The van der Waals surface area contributed by atoms with Crippen LogP contribution in [0, 0.1) is 17.6 Å². The van der Waals surface area contributed by atoms with Gasteiger partial charge in [0.2, 0.25) is 0 Å². The van der Waals surface area contributed by atoms with Gasteiger partial charge >= 0.3 is 0 Å². The van der Waals surface area contributed by atoms with Crippen LogP contribution in [0.25, 0.3) is 16.6 Å². The van der Waals surface area contributed by atoms with Crippen molar-refractivity contribution in [3.8, 4) is 28.7 Å². The molecule has 2 aromatic heterocycles. The van der Waals surface area contributed by atoms with Crippen molar-refractivity contribution < 1.29 is 27.8 Å². The summed E-state index contributed by atoms with van der Waals surface area (Å²) in [5.74, 6) is -0.0850. The van der Waals surface area contributed by atoms with Gasteiger partial charge in [0.05, 0.1) is 19.2 Å². The Balaban J connectivity index is 1.17. The first-order valence-corrected chi connectivity index (χ1v) is 14.8. The van der Waals surface area contributed by atoms with Gasteiger partial charge in [-0.2, -0.15) is 0 Å². The maximum atomic E-state index is 15.3. The molecule has 1 amide bonds. The number of pyridine rings is 2. The van der Waals surface area contributed by atoms with E-state index in [0.29, 0.717) is 46.4 Å². The number of anilines is 1. The summed E-state index contributed by atoms with van der Waals surface area (Å²) in [5, 5.41) is 3.16. The van der Waals surface area contributed by atoms with Gasteiger partial charge in [0.1, 0.15) is 17.1 Å². The van der Waals surface area contributed by atoms with Crippen LogP contribution >= 0.6 is 0 Å². The Morgan fingerprint density at radius 3 is 2.48 bits per heavy atom. The molecule has 1 aliphatic rings. The van der Waals surface area contributed by atoms with Gasteiger partial charge in [0, 0.05) is 41.3 Å². The molecule has 0 bridgehead atoms. The molecule has 236 valence electrons. The summed E-state index contributed by atoms with van der Waals surface area (Å²) >= 11 is 0. The number of benzene rings is 3. The summed E-state index contributed by atoms with van der Waals surface area (Å²) in [6.45, 7) is 2.67. The zero-order valence-electron chi connectivity index (χ0n) is 25.3. The number of fused-ring (bicyclic) bond motifs is 1. The number of halogens is 2. The minimum atomic E-state index is -0.732. The SMILES string of the molecule is COc1cc2c(Oc3ccc(NC(=O)c4cccn(-c5ccc(F)cc5)c4=O)cc3F)ccnc2cc1OCC1CCN(C)CC1. The first kappa shape index (κ1) is 30.7. The second kappa shape index (κ2) is 13.4. The number of hydrogen-bond donors (Lipinski definition) is 1. The third-order valence-electron chi connectivity index (χ3n) is 8.01. The molecule has 5 aromatic rings. The molecule has 1 N–H and O–H groups in total. The summed E-state index contributed by atoms with van der Waals surface area (Å²) in [5.41, 5.74) is 0.335. The highest BCUT2D eigenvalue weighted by atomic mass is 19.1. The molecule has 1 aliphatic heterocycles. The number of amides is 1. The van der Waals surface area contributed by atoms with Gasteiger partial charge in [0.15, 0.2) is 23.1 Å². The Bertz CT molecular complexity index is 1940. The van der Waals surface area contributed by atoms with Gasteiger partial charge in [-0.05, 0) is 99.6 Å². The molecular formula is C35H32F2N4O5. The van der Waals surface area contributed by atoms with Gasteiger partial charge < -0.3 is 24.4 Å². The highest BCUT2D eigenvalue weighted by Crippen LogP contribution is 2.38. The summed E-state index contributed by atoms with van der Waals surface area (Å²) < 4.78 is 47.5. The Morgan fingerprint density at radius 2 is 1.74 bits per heavy atom. The Hall–Kier alpha value is -5.29. The van der Waals surface area contributed by atoms with Gasteiger partial charge in [-0.15, -0.1) is 0 Å². The molecule has 0 spiro atoms. The smallest absolute Gasteiger partial charge is 0.267 e. The van der Waals surface area contributed by atoms with Crippen molar-refractivity contribution in [3.05, 3.63) is 113 Å². The van der Waals surface area contributed by atoms with E-state index in [1.54, 1.807) is 31.5 Å². The van der Waals surface area contributed by atoms with E-state index in [9.17, 15) is 14.0 Å². The van der Waals surface area contributed by atoms with E-state index in [0.717, 1.165) is 32.0 Å². The van der Waals surface area contributed by atoms with Crippen LogP contribution in [0.2, 0.25) is 0 Å². The monoisotopic (exact) mass is 626 g/mol. The highest BCUT2D eigenvalue weighted by Gasteiger charge is 2.20. The third kappa shape index (κ3) is 6.69. The van der Waals surface area contributed by atoms with Crippen molar-refractivity contribution >= 4 is 22.5 Å². The largest absolute Gasteiger partial charge is 0.493 e. The maximum Gasteiger partial charge on any atom is 0.267 e. The molecule has 0 radical (unpaired) electrons. The van der Waals surface area contributed by atoms with Crippen LogP contribution in [0.5, 0.6) is 23.0 Å². The minimum absolute atomic E-state index is 0.0783. The summed E-state index contributed by atoms with van der Waals surface area (Å²) in [7, 11) is 3.68. The molecule has 3 aromatic carbocycles. The number of methoxy groups -OCH3 is 1. The molecule has 0 aliphatic carbocycles. The molecule has 9 nitrogen and oxygen atoms in total.